The van der Waals surface area contributed by atoms with E-state index in [4.69, 9.17) is 51.1 Å². The average Bonchev–Trinajstić information content (AvgIpc) is 2.26. The van der Waals surface area contributed by atoms with Crippen LogP contribution in [0.25, 0.3) is 0 Å². The van der Waals surface area contributed by atoms with E-state index in [1.165, 1.54) is 0 Å². The van der Waals surface area contributed by atoms with Gasteiger partial charge in [-0.1, -0.05) is 59.4 Å². The summed E-state index contributed by atoms with van der Waals surface area (Å²) in [5.74, 6) is -0.378. The van der Waals surface area contributed by atoms with Gasteiger partial charge in [-0.2, -0.15) is 0 Å². The molecule has 0 heterocycles. The first-order chi connectivity index (χ1) is 9.30. The van der Waals surface area contributed by atoms with Crippen LogP contribution < -0.4 is 0 Å². The Kier molecular flexibility index (Phi) is 6.67. The van der Waals surface area contributed by atoms with Gasteiger partial charge in [0.1, 0.15) is 4.49 Å². The maximum Gasteiger partial charge on any atom is 0.306 e. The highest BCUT2D eigenvalue weighted by Gasteiger charge is 2.32. The van der Waals surface area contributed by atoms with Crippen LogP contribution in [0.1, 0.15) is 25.8 Å². The number of allylic oxidation sites excluding steroid dienone is 1. The lowest BCUT2D eigenvalue weighted by Crippen LogP contribution is -2.26. The Morgan fingerprint density at radius 1 is 1.30 bits per heavy atom. The highest BCUT2D eigenvalue weighted by atomic mass is 35.5. The molecule has 0 saturated heterocycles. The minimum atomic E-state index is -0.847. The summed E-state index contributed by atoms with van der Waals surface area (Å²) in [6.45, 7) is 3.81. The number of hydrogen-bond acceptors (Lipinski definition) is 2. The molecule has 1 atom stereocenters. The van der Waals surface area contributed by atoms with Crippen molar-refractivity contribution in [2.24, 2.45) is 0 Å². The van der Waals surface area contributed by atoms with Crippen LogP contribution in [0.3, 0.4) is 0 Å². The van der Waals surface area contributed by atoms with Crippen molar-refractivity contribution in [3.05, 3.63) is 44.4 Å². The second-order valence-corrected chi connectivity index (χ2v) is 6.25. The van der Waals surface area contributed by atoms with Crippen LogP contribution in [0.5, 0.6) is 0 Å². The molecular weight excluding hydrogens is 342 g/mol. The van der Waals surface area contributed by atoms with E-state index < -0.39 is 5.41 Å². The molecular formula is C14H14Cl4O2. The predicted molar refractivity (Wildman–Crippen MR) is 84.9 cm³/mol. The zero-order valence-corrected chi connectivity index (χ0v) is 14.1. The molecule has 0 radical (unpaired) electrons. The molecule has 1 aromatic carbocycles. The zero-order valence-electron chi connectivity index (χ0n) is 11.1. The number of carbonyl (C=O) groups is 1. The maximum atomic E-state index is 11.8. The molecule has 0 aliphatic heterocycles. The summed E-state index contributed by atoms with van der Waals surface area (Å²) in [6.07, 6.45) is 1.58. The third-order valence-corrected chi connectivity index (χ3v) is 3.63. The third-order valence-electron chi connectivity index (χ3n) is 2.78. The minimum Gasteiger partial charge on any atom is -0.466 e. The number of carbonyl (C=O) groups excluding carboxylic acids is 1. The number of halogens is 4. The molecule has 0 spiro atoms. The number of esters is 1. The molecule has 0 aromatic heterocycles. The van der Waals surface area contributed by atoms with Crippen molar-refractivity contribution in [2.75, 3.05) is 6.61 Å². The van der Waals surface area contributed by atoms with E-state index in [0.29, 0.717) is 22.2 Å². The van der Waals surface area contributed by atoms with E-state index >= 15 is 0 Å². The highest BCUT2D eigenvalue weighted by Crippen LogP contribution is 2.40. The van der Waals surface area contributed by atoms with Gasteiger partial charge < -0.3 is 4.74 Å². The lowest BCUT2D eigenvalue weighted by atomic mass is 9.79. The summed E-state index contributed by atoms with van der Waals surface area (Å²) in [7, 11) is 0. The first-order valence-electron chi connectivity index (χ1n) is 5.94. The van der Waals surface area contributed by atoms with Gasteiger partial charge in [-0.15, -0.1) is 0 Å². The van der Waals surface area contributed by atoms with Crippen molar-refractivity contribution < 1.29 is 9.53 Å². The molecule has 1 aromatic rings. The Morgan fingerprint density at radius 3 is 2.30 bits per heavy atom. The highest BCUT2D eigenvalue weighted by molar-refractivity contribution is 6.56. The number of hydrogen-bond donors (Lipinski definition) is 0. The topological polar surface area (TPSA) is 26.3 Å². The van der Waals surface area contributed by atoms with E-state index in [9.17, 15) is 4.79 Å². The molecule has 0 saturated carbocycles. The molecule has 0 amide bonds. The van der Waals surface area contributed by atoms with Gasteiger partial charge in [0.05, 0.1) is 13.0 Å². The van der Waals surface area contributed by atoms with Crippen LogP contribution in [0.4, 0.5) is 0 Å². The standard InChI is InChI=1S/C14H14Cl4O2/c1-3-20-12(19)8-14(2,7-11(17)18)13-9(15)5-4-6-10(13)16/h4-7H,3,8H2,1-2H3. The van der Waals surface area contributed by atoms with E-state index in [1.807, 2.05) is 0 Å². The molecule has 1 unspecified atom stereocenters. The lowest BCUT2D eigenvalue weighted by molar-refractivity contribution is -0.144. The Labute approximate surface area is 138 Å². The fourth-order valence-electron chi connectivity index (χ4n) is 2.01. The molecule has 0 aliphatic rings. The summed E-state index contributed by atoms with van der Waals surface area (Å²) >= 11 is 23.9. The smallest absolute Gasteiger partial charge is 0.306 e. The monoisotopic (exact) mass is 354 g/mol. The second-order valence-electron chi connectivity index (χ2n) is 4.43. The van der Waals surface area contributed by atoms with Crippen LogP contribution in [-0.2, 0) is 14.9 Å². The van der Waals surface area contributed by atoms with Gasteiger partial charge in [-0.05, 0) is 30.7 Å². The summed E-state index contributed by atoms with van der Waals surface area (Å²) in [5, 5.41) is 0.880. The summed E-state index contributed by atoms with van der Waals surface area (Å²) in [4.78, 5) is 11.8. The fourth-order valence-corrected chi connectivity index (χ4v) is 3.32. The Morgan fingerprint density at radius 2 is 1.85 bits per heavy atom. The van der Waals surface area contributed by atoms with Gasteiger partial charge >= 0.3 is 5.97 Å². The summed E-state index contributed by atoms with van der Waals surface area (Å²) in [6, 6.07) is 5.12. The van der Waals surface area contributed by atoms with Crippen molar-refractivity contribution in [3.8, 4) is 0 Å². The van der Waals surface area contributed by atoms with Gasteiger partial charge in [0.2, 0.25) is 0 Å². The molecule has 2 nitrogen and oxygen atoms in total. The Bertz CT molecular complexity index is 504. The number of rotatable bonds is 5. The second kappa shape index (κ2) is 7.56. The van der Waals surface area contributed by atoms with Crippen molar-refractivity contribution in [2.45, 2.75) is 25.7 Å². The first-order valence-corrected chi connectivity index (χ1v) is 7.45. The van der Waals surface area contributed by atoms with E-state index in [1.54, 1.807) is 38.1 Å². The zero-order chi connectivity index (χ0) is 15.3. The van der Waals surface area contributed by atoms with Crippen molar-refractivity contribution in [1.82, 2.24) is 0 Å². The van der Waals surface area contributed by atoms with Crippen LogP contribution >= 0.6 is 46.4 Å². The molecule has 20 heavy (non-hydrogen) atoms. The predicted octanol–water partition coefficient (Wildman–Crippen LogP) is 5.52. The molecule has 110 valence electrons. The van der Waals surface area contributed by atoms with Crippen molar-refractivity contribution in [1.29, 1.82) is 0 Å². The van der Waals surface area contributed by atoms with E-state index in [2.05, 4.69) is 0 Å². The molecule has 0 N–H and O–H groups in total. The van der Waals surface area contributed by atoms with Crippen LogP contribution in [0.2, 0.25) is 10.0 Å². The van der Waals surface area contributed by atoms with Gasteiger partial charge in [-0.3, -0.25) is 4.79 Å². The molecule has 0 bridgehead atoms. The van der Waals surface area contributed by atoms with Crippen LogP contribution in [0.15, 0.2) is 28.8 Å². The SMILES string of the molecule is CCOC(=O)CC(C)(C=C(Cl)Cl)c1c(Cl)cccc1Cl. The van der Waals surface area contributed by atoms with Crippen molar-refractivity contribution >= 4 is 52.4 Å². The molecule has 0 fully saturated rings. The van der Waals surface area contributed by atoms with Gasteiger partial charge in [0.25, 0.3) is 0 Å². The van der Waals surface area contributed by atoms with Crippen LogP contribution in [0, 0.1) is 0 Å². The quantitative estimate of drug-likeness (QED) is 0.649. The molecule has 0 aliphatic carbocycles. The number of benzene rings is 1. The molecule has 1 rings (SSSR count). The largest absolute Gasteiger partial charge is 0.466 e. The minimum absolute atomic E-state index is 0.0350. The molecule has 6 heteroatoms. The van der Waals surface area contributed by atoms with E-state index in [-0.39, 0.29) is 16.9 Å². The van der Waals surface area contributed by atoms with E-state index in [0.717, 1.165) is 0 Å². The number of ether oxygens (including phenoxy) is 1. The normalized spacial score (nSPS) is 13.5. The Balaban J connectivity index is 3.31. The van der Waals surface area contributed by atoms with Gasteiger partial charge in [0.15, 0.2) is 0 Å². The van der Waals surface area contributed by atoms with Gasteiger partial charge in [-0.25, -0.2) is 0 Å². The van der Waals surface area contributed by atoms with Crippen molar-refractivity contribution in [3.63, 3.8) is 0 Å². The van der Waals surface area contributed by atoms with Gasteiger partial charge in [0, 0.05) is 15.5 Å². The summed E-state index contributed by atoms with van der Waals surface area (Å²) in [5.41, 5.74) is -0.254. The first kappa shape index (κ1) is 17.6. The van der Waals surface area contributed by atoms with Crippen LogP contribution in [-0.4, -0.2) is 12.6 Å². The Hall–Kier alpha value is -0.410. The summed E-state index contributed by atoms with van der Waals surface area (Å²) < 4.78 is 5.01. The fraction of sp³-hybridized carbons (Fsp3) is 0.357. The maximum absolute atomic E-state index is 11.8. The average molecular weight is 356 g/mol. The third kappa shape index (κ3) is 4.56. The lowest BCUT2D eigenvalue weighted by Gasteiger charge is -2.27.